The molecule has 0 radical (unpaired) electrons. The van der Waals surface area contributed by atoms with E-state index in [0.717, 1.165) is 12.1 Å². The monoisotopic (exact) mass is 474 g/mol. The van der Waals surface area contributed by atoms with Crippen LogP contribution in [0, 0.1) is 11.6 Å². The molecule has 0 spiro atoms. The SMILES string of the molecule is CC1(c2ccc(F)c(F)c2)C(=O)Nc2nc(-c3cn4ccnc4c(CCC(F)(F)F)n3)ncc21. The predicted molar refractivity (Wildman–Crippen MR) is 110 cm³/mol. The summed E-state index contributed by atoms with van der Waals surface area (Å²) in [5.41, 5.74) is -0.226. The summed E-state index contributed by atoms with van der Waals surface area (Å²) in [4.78, 5) is 29.8. The number of imidazole rings is 1. The Morgan fingerprint density at radius 1 is 1.12 bits per heavy atom. The van der Waals surface area contributed by atoms with E-state index in [1.54, 1.807) is 6.20 Å². The fourth-order valence-corrected chi connectivity index (χ4v) is 3.95. The lowest BCUT2D eigenvalue weighted by molar-refractivity contribution is -0.134. The van der Waals surface area contributed by atoms with Crippen molar-refractivity contribution in [1.82, 2.24) is 24.3 Å². The summed E-state index contributed by atoms with van der Waals surface area (Å²) in [5.74, 6) is -2.44. The molecule has 0 aliphatic carbocycles. The van der Waals surface area contributed by atoms with Gasteiger partial charge in [-0.15, -0.1) is 0 Å². The van der Waals surface area contributed by atoms with E-state index in [1.807, 2.05) is 0 Å². The number of hydrogen-bond donors (Lipinski definition) is 1. The maximum atomic E-state index is 13.8. The molecule has 174 valence electrons. The summed E-state index contributed by atoms with van der Waals surface area (Å²) in [5, 5.41) is 2.62. The lowest BCUT2D eigenvalue weighted by Gasteiger charge is -2.22. The lowest BCUT2D eigenvalue weighted by atomic mass is 9.78. The van der Waals surface area contributed by atoms with Crippen molar-refractivity contribution in [2.75, 3.05) is 5.32 Å². The fourth-order valence-electron chi connectivity index (χ4n) is 3.95. The van der Waals surface area contributed by atoms with Crippen LogP contribution in [0.25, 0.3) is 17.2 Å². The van der Waals surface area contributed by atoms with Crippen LogP contribution in [-0.4, -0.2) is 36.4 Å². The molecule has 1 unspecified atom stereocenters. The van der Waals surface area contributed by atoms with Crippen molar-refractivity contribution >= 4 is 17.4 Å². The molecule has 3 aromatic heterocycles. The minimum Gasteiger partial charge on any atom is -0.309 e. The molecule has 1 atom stereocenters. The van der Waals surface area contributed by atoms with Crippen molar-refractivity contribution in [2.24, 2.45) is 0 Å². The van der Waals surface area contributed by atoms with Gasteiger partial charge in [-0.2, -0.15) is 13.2 Å². The van der Waals surface area contributed by atoms with Gasteiger partial charge >= 0.3 is 6.18 Å². The zero-order valence-corrected chi connectivity index (χ0v) is 17.5. The van der Waals surface area contributed by atoms with Crippen molar-refractivity contribution in [3.63, 3.8) is 0 Å². The molecule has 4 aromatic rings. The normalized spacial score (nSPS) is 17.8. The first kappa shape index (κ1) is 21.9. The average molecular weight is 474 g/mol. The van der Waals surface area contributed by atoms with Crippen LogP contribution in [0.2, 0.25) is 0 Å². The number of aryl methyl sites for hydroxylation is 1. The van der Waals surface area contributed by atoms with E-state index in [4.69, 9.17) is 0 Å². The van der Waals surface area contributed by atoms with Crippen molar-refractivity contribution in [3.05, 3.63) is 71.4 Å². The van der Waals surface area contributed by atoms with Gasteiger partial charge < -0.3 is 9.72 Å². The third-order valence-electron chi connectivity index (χ3n) is 5.83. The highest BCUT2D eigenvalue weighted by Crippen LogP contribution is 2.42. The molecule has 1 N–H and O–H groups in total. The van der Waals surface area contributed by atoms with E-state index in [9.17, 15) is 26.7 Å². The summed E-state index contributed by atoms with van der Waals surface area (Å²) in [6.07, 6.45) is 0.0770. The topological polar surface area (TPSA) is 85.1 Å². The van der Waals surface area contributed by atoms with Crippen molar-refractivity contribution in [2.45, 2.75) is 31.4 Å². The molecule has 0 fully saturated rings. The molecule has 1 aromatic carbocycles. The van der Waals surface area contributed by atoms with E-state index in [-0.39, 0.29) is 40.7 Å². The number of benzene rings is 1. The van der Waals surface area contributed by atoms with E-state index in [0.29, 0.717) is 5.56 Å². The summed E-state index contributed by atoms with van der Waals surface area (Å²) in [7, 11) is 0. The van der Waals surface area contributed by atoms with Crippen LogP contribution in [0.1, 0.15) is 30.2 Å². The quantitative estimate of drug-likeness (QED) is 0.448. The molecule has 7 nitrogen and oxygen atoms in total. The molecule has 34 heavy (non-hydrogen) atoms. The van der Waals surface area contributed by atoms with Gasteiger partial charge in [0.15, 0.2) is 23.1 Å². The third-order valence-corrected chi connectivity index (χ3v) is 5.83. The Morgan fingerprint density at radius 2 is 1.91 bits per heavy atom. The van der Waals surface area contributed by atoms with Gasteiger partial charge in [-0.25, -0.2) is 28.7 Å². The summed E-state index contributed by atoms with van der Waals surface area (Å²) in [6, 6.07) is 3.19. The number of amides is 1. The molecule has 12 heteroatoms. The van der Waals surface area contributed by atoms with Crippen molar-refractivity contribution in [3.8, 4) is 11.5 Å². The number of aromatic nitrogens is 5. The number of anilines is 1. The standard InChI is InChI=1S/C22H15F5N6O/c1-21(11-2-3-13(23)14(24)8-11)12-9-29-18(31-17(12)32-20(21)34)16-10-33-7-6-28-19(33)15(30-16)4-5-22(25,26)27/h2-3,6-10H,4-5H2,1H3,(H,29,31,32,34). The first-order valence-electron chi connectivity index (χ1n) is 10.1. The Balaban J connectivity index is 1.56. The maximum absolute atomic E-state index is 13.8. The van der Waals surface area contributed by atoms with E-state index in [1.165, 1.54) is 36.0 Å². The second kappa shape index (κ2) is 7.54. The number of carbonyl (C=O) groups is 1. The number of hydrogen-bond acceptors (Lipinski definition) is 5. The number of nitrogens with zero attached hydrogens (tertiary/aromatic N) is 5. The van der Waals surface area contributed by atoms with Gasteiger partial charge in [-0.1, -0.05) is 6.07 Å². The number of fused-ring (bicyclic) bond motifs is 2. The van der Waals surface area contributed by atoms with Gasteiger partial charge in [0.2, 0.25) is 5.91 Å². The second-order valence-corrected chi connectivity index (χ2v) is 8.01. The van der Waals surface area contributed by atoms with Crippen molar-refractivity contribution in [1.29, 1.82) is 0 Å². The largest absolute Gasteiger partial charge is 0.389 e. The minimum absolute atomic E-state index is 0.0671. The van der Waals surface area contributed by atoms with Crippen molar-refractivity contribution < 1.29 is 26.7 Å². The smallest absolute Gasteiger partial charge is 0.309 e. The molecule has 1 amide bonds. The number of alkyl halides is 3. The average Bonchev–Trinajstić information content (AvgIpc) is 3.36. The molecular weight excluding hydrogens is 459 g/mol. The van der Waals surface area contributed by atoms with Gasteiger partial charge in [0.1, 0.15) is 16.9 Å². The molecule has 1 aliphatic heterocycles. The Bertz CT molecular complexity index is 1450. The molecule has 5 rings (SSSR count). The minimum atomic E-state index is -4.36. The number of halogens is 5. The number of rotatable bonds is 4. The van der Waals surface area contributed by atoms with Gasteiger partial charge in [-0.3, -0.25) is 4.79 Å². The fraction of sp³-hybridized carbons (Fsp3) is 0.227. The maximum Gasteiger partial charge on any atom is 0.389 e. The van der Waals surface area contributed by atoms with E-state index < -0.39 is 35.6 Å². The first-order chi connectivity index (χ1) is 16.1. The molecule has 4 heterocycles. The molecule has 1 aliphatic rings. The summed E-state index contributed by atoms with van der Waals surface area (Å²) < 4.78 is 67.1. The molecule has 0 saturated heterocycles. The van der Waals surface area contributed by atoms with Gasteiger partial charge in [-0.05, 0) is 24.6 Å². The third kappa shape index (κ3) is 3.55. The van der Waals surface area contributed by atoms with Crippen LogP contribution in [0.5, 0.6) is 0 Å². The van der Waals surface area contributed by atoms with E-state index in [2.05, 4.69) is 25.3 Å². The zero-order chi connectivity index (χ0) is 24.3. The molecular formula is C22H15F5N6O. The molecule has 0 bridgehead atoms. The van der Waals surface area contributed by atoms with Gasteiger partial charge in [0.05, 0.1) is 5.69 Å². The highest BCUT2D eigenvalue weighted by atomic mass is 19.4. The number of nitrogens with one attached hydrogen (secondary N) is 1. The van der Waals surface area contributed by atoms with Crippen LogP contribution >= 0.6 is 0 Å². The van der Waals surface area contributed by atoms with E-state index >= 15 is 0 Å². The van der Waals surface area contributed by atoms with Crippen LogP contribution in [0.4, 0.5) is 27.8 Å². The highest BCUT2D eigenvalue weighted by molar-refractivity contribution is 6.07. The van der Waals surface area contributed by atoms with Gasteiger partial charge in [0.25, 0.3) is 0 Å². The Labute approximate surface area is 188 Å². The number of carbonyl (C=O) groups excluding carboxylic acids is 1. The van der Waals surface area contributed by atoms with Gasteiger partial charge in [0, 0.05) is 43.2 Å². The Hall–Kier alpha value is -3.96. The van der Waals surface area contributed by atoms with Crippen LogP contribution in [0.15, 0.2) is 43.0 Å². The Kier molecular flexibility index (Phi) is 4.85. The van der Waals surface area contributed by atoms with Crippen LogP contribution in [-0.2, 0) is 16.6 Å². The highest BCUT2D eigenvalue weighted by Gasteiger charge is 2.46. The second-order valence-electron chi connectivity index (χ2n) is 8.01. The molecule has 0 saturated carbocycles. The first-order valence-corrected chi connectivity index (χ1v) is 10.1. The van der Waals surface area contributed by atoms with Crippen LogP contribution in [0.3, 0.4) is 0 Å². The Morgan fingerprint density at radius 3 is 2.65 bits per heavy atom. The lowest BCUT2D eigenvalue weighted by Crippen LogP contribution is -2.32. The summed E-state index contributed by atoms with van der Waals surface area (Å²) >= 11 is 0. The predicted octanol–water partition coefficient (Wildman–Crippen LogP) is 4.22. The zero-order valence-electron chi connectivity index (χ0n) is 17.5. The van der Waals surface area contributed by atoms with Crippen LogP contribution < -0.4 is 5.32 Å². The summed E-state index contributed by atoms with van der Waals surface area (Å²) in [6.45, 7) is 1.54.